The van der Waals surface area contributed by atoms with Crippen molar-refractivity contribution in [3.63, 3.8) is 0 Å². The second-order valence-corrected chi connectivity index (χ2v) is 3.69. The molecule has 0 rings (SSSR count). The predicted octanol–water partition coefficient (Wildman–Crippen LogP) is 3.37. The average Bonchev–Trinajstić information content (AvgIpc) is 1.84. The van der Waals surface area contributed by atoms with Gasteiger partial charge in [-0.1, -0.05) is 35.9 Å². The molecule has 0 nitrogen and oxygen atoms in total. The van der Waals surface area contributed by atoms with Crippen LogP contribution in [0.5, 0.6) is 0 Å². The highest BCUT2D eigenvalue weighted by molar-refractivity contribution is 9.09. The highest BCUT2D eigenvalue weighted by Gasteiger charge is 2.13. The van der Waals surface area contributed by atoms with Crippen molar-refractivity contribution in [1.29, 1.82) is 0 Å². The molecule has 0 spiro atoms. The molecule has 0 aliphatic heterocycles. The molecule has 0 aromatic heterocycles. The van der Waals surface area contributed by atoms with Crippen molar-refractivity contribution in [2.24, 2.45) is 5.41 Å². The standard InChI is InChI=1S/C8H15Br/c1-4-5-6-8(2,3)7-9/h4H,1,5-7H2,2-3H3. The number of hydrogen-bond donors (Lipinski definition) is 0. The Balaban J connectivity index is 3.44. The van der Waals surface area contributed by atoms with E-state index in [1.54, 1.807) is 0 Å². The van der Waals surface area contributed by atoms with Crippen molar-refractivity contribution in [2.75, 3.05) is 5.33 Å². The van der Waals surface area contributed by atoms with E-state index in [0.29, 0.717) is 5.41 Å². The first-order valence-electron chi connectivity index (χ1n) is 3.29. The zero-order chi connectivity index (χ0) is 7.33. The summed E-state index contributed by atoms with van der Waals surface area (Å²) >= 11 is 3.47. The summed E-state index contributed by atoms with van der Waals surface area (Å²) in [5.74, 6) is 0. The fourth-order valence-corrected chi connectivity index (χ4v) is 0.840. The lowest BCUT2D eigenvalue weighted by Gasteiger charge is -2.19. The topological polar surface area (TPSA) is 0 Å². The third-order valence-electron chi connectivity index (χ3n) is 1.39. The number of hydrogen-bond acceptors (Lipinski definition) is 0. The molecule has 0 unspecified atom stereocenters. The molecule has 0 saturated carbocycles. The van der Waals surface area contributed by atoms with E-state index in [-0.39, 0.29) is 0 Å². The normalized spacial score (nSPS) is 11.4. The van der Waals surface area contributed by atoms with Gasteiger partial charge in [-0.3, -0.25) is 0 Å². The highest BCUT2D eigenvalue weighted by atomic mass is 79.9. The van der Waals surface area contributed by atoms with E-state index in [9.17, 15) is 0 Å². The molecule has 0 saturated heterocycles. The summed E-state index contributed by atoms with van der Waals surface area (Å²) in [4.78, 5) is 0. The first-order chi connectivity index (χ1) is 4.12. The summed E-state index contributed by atoms with van der Waals surface area (Å²) in [5.41, 5.74) is 0.439. The Labute approximate surface area is 66.5 Å². The van der Waals surface area contributed by atoms with Gasteiger partial charge >= 0.3 is 0 Å². The van der Waals surface area contributed by atoms with E-state index < -0.39 is 0 Å². The van der Waals surface area contributed by atoms with Gasteiger partial charge in [0.05, 0.1) is 0 Å². The minimum atomic E-state index is 0.439. The molecular formula is C8H15Br. The van der Waals surface area contributed by atoms with E-state index in [2.05, 4.69) is 36.4 Å². The molecule has 9 heavy (non-hydrogen) atoms. The zero-order valence-electron chi connectivity index (χ0n) is 6.28. The van der Waals surface area contributed by atoms with Crippen LogP contribution in [0, 0.1) is 5.41 Å². The number of allylic oxidation sites excluding steroid dienone is 1. The smallest absolute Gasteiger partial charge is 0.00827 e. The minimum absolute atomic E-state index is 0.439. The SMILES string of the molecule is C=CCCC(C)(C)CBr. The molecule has 0 atom stereocenters. The van der Waals surface area contributed by atoms with Crippen molar-refractivity contribution in [1.82, 2.24) is 0 Å². The Hall–Kier alpha value is 0.220. The monoisotopic (exact) mass is 190 g/mol. The summed E-state index contributed by atoms with van der Waals surface area (Å²) in [6.45, 7) is 8.19. The molecule has 0 aromatic rings. The second-order valence-electron chi connectivity index (χ2n) is 3.13. The van der Waals surface area contributed by atoms with Crippen LogP contribution >= 0.6 is 15.9 Å². The first-order valence-corrected chi connectivity index (χ1v) is 4.41. The molecule has 0 bridgehead atoms. The Morgan fingerprint density at radius 3 is 2.44 bits per heavy atom. The van der Waals surface area contributed by atoms with Crippen molar-refractivity contribution in [3.8, 4) is 0 Å². The first kappa shape index (κ1) is 9.22. The minimum Gasteiger partial charge on any atom is -0.103 e. The molecule has 0 aromatic carbocycles. The molecule has 54 valence electrons. The van der Waals surface area contributed by atoms with Crippen LogP contribution in [0.25, 0.3) is 0 Å². The Morgan fingerprint density at radius 2 is 2.11 bits per heavy atom. The van der Waals surface area contributed by atoms with Crippen LogP contribution in [0.2, 0.25) is 0 Å². The van der Waals surface area contributed by atoms with Gasteiger partial charge in [0.2, 0.25) is 0 Å². The fraction of sp³-hybridized carbons (Fsp3) is 0.750. The third kappa shape index (κ3) is 4.71. The fourth-order valence-electron chi connectivity index (χ4n) is 0.560. The maximum atomic E-state index is 3.68. The number of alkyl halides is 1. The molecular weight excluding hydrogens is 176 g/mol. The summed E-state index contributed by atoms with van der Waals surface area (Å²) in [6, 6.07) is 0. The summed E-state index contributed by atoms with van der Waals surface area (Å²) in [7, 11) is 0. The van der Waals surface area contributed by atoms with E-state index >= 15 is 0 Å². The lowest BCUT2D eigenvalue weighted by molar-refractivity contribution is 0.394. The van der Waals surface area contributed by atoms with Crippen molar-refractivity contribution in [2.45, 2.75) is 26.7 Å². The lowest BCUT2D eigenvalue weighted by atomic mass is 9.91. The Kier molecular flexibility index (Phi) is 4.20. The summed E-state index contributed by atoms with van der Waals surface area (Å²) < 4.78 is 0. The maximum Gasteiger partial charge on any atom is 0.00827 e. The predicted molar refractivity (Wildman–Crippen MR) is 47.0 cm³/mol. The molecule has 0 radical (unpaired) electrons. The van der Waals surface area contributed by atoms with Crippen molar-refractivity contribution >= 4 is 15.9 Å². The van der Waals surface area contributed by atoms with Crippen LogP contribution < -0.4 is 0 Å². The van der Waals surface area contributed by atoms with Gasteiger partial charge in [0.1, 0.15) is 0 Å². The van der Waals surface area contributed by atoms with Crippen LogP contribution in [-0.2, 0) is 0 Å². The zero-order valence-corrected chi connectivity index (χ0v) is 7.87. The van der Waals surface area contributed by atoms with Crippen LogP contribution in [0.15, 0.2) is 12.7 Å². The average molecular weight is 191 g/mol. The molecule has 0 aliphatic rings. The van der Waals surface area contributed by atoms with Gasteiger partial charge in [-0.25, -0.2) is 0 Å². The Morgan fingerprint density at radius 1 is 1.56 bits per heavy atom. The Bertz CT molecular complexity index is 84.6. The summed E-state index contributed by atoms with van der Waals surface area (Å²) in [5, 5.41) is 1.08. The largest absolute Gasteiger partial charge is 0.103 e. The van der Waals surface area contributed by atoms with Crippen LogP contribution in [0.1, 0.15) is 26.7 Å². The van der Waals surface area contributed by atoms with Gasteiger partial charge in [-0.15, -0.1) is 6.58 Å². The lowest BCUT2D eigenvalue weighted by Crippen LogP contribution is -2.11. The third-order valence-corrected chi connectivity index (χ3v) is 2.90. The molecule has 0 heterocycles. The van der Waals surface area contributed by atoms with Gasteiger partial charge in [0, 0.05) is 5.33 Å². The van der Waals surface area contributed by atoms with Crippen molar-refractivity contribution in [3.05, 3.63) is 12.7 Å². The highest BCUT2D eigenvalue weighted by Crippen LogP contribution is 2.24. The van der Waals surface area contributed by atoms with E-state index in [1.165, 1.54) is 6.42 Å². The van der Waals surface area contributed by atoms with E-state index in [1.807, 2.05) is 6.08 Å². The van der Waals surface area contributed by atoms with Crippen LogP contribution in [0.4, 0.5) is 0 Å². The molecule has 0 aliphatic carbocycles. The molecule has 0 N–H and O–H groups in total. The van der Waals surface area contributed by atoms with Crippen LogP contribution in [0.3, 0.4) is 0 Å². The van der Waals surface area contributed by atoms with Gasteiger partial charge in [-0.2, -0.15) is 0 Å². The van der Waals surface area contributed by atoms with Gasteiger partial charge in [-0.05, 0) is 18.3 Å². The van der Waals surface area contributed by atoms with Crippen molar-refractivity contribution < 1.29 is 0 Å². The van der Waals surface area contributed by atoms with Gasteiger partial charge < -0.3 is 0 Å². The van der Waals surface area contributed by atoms with E-state index in [4.69, 9.17) is 0 Å². The second kappa shape index (κ2) is 4.10. The molecule has 0 amide bonds. The summed E-state index contributed by atoms with van der Waals surface area (Å²) in [6.07, 6.45) is 4.32. The van der Waals surface area contributed by atoms with E-state index in [0.717, 1.165) is 11.8 Å². The van der Waals surface area contributed by atoms with Gasteiger partial charge in [0.15, 0.2) is 0 Å². The van der Waals surface area contributed by atoms with Gasteiger partial charge in [0.25, 0.3) is 0 Å². The number of rotatable bonds is 4. The quantitative estimate of drug-likeness (QED) is 0.472. The maximum absolute atomic E-state index is 3.68. The molecule has 1 heteroatoms. The van der Waals surface area contributed by atoms with Crippen LogP contribution in [-0.4, -0.2) is 5.33 Å². The molecule has 0 fully saturated rings. The number of halogens is 1.